The Morgan fingerprint density at radius 3 is 1.87 bits per heavy atom. The third-order valence-electron chi connectivity index (χ3n) is 3.55. The quantitative estimate of drug-likeness (QED) is 0.551. The third kappa shape index (κ3) is 2.09. The van der Waals surface area contributed by atoms with Crippen LogP contribution in [-0.2, 0) is 0 Å². The molecule has 15 heavy (non-hydrogen) atoms. The van der Waals surface area contributed by atoms with Crippen LogP contribution in [0.3, 0.4) is 0 Å². The summed E-state index contributed by atoms with van der Waals surface area (Å²) >= 11 is 0. The van der Waals surface area contributed by atoms with Gasteiger partial charge < -0.3 is 0 Å². The van der Waals surface area contributed by atoms with Crippen molar-refractivity contribution in [1.29, 1.82) is 0 Å². The minimum atomic E-state index is 0. The maximum Gasteiger partial charge on any atom is -0.0153 e. The van der Waals surface area contributed by atoms with E-state index in [2.05, 4.69) is 24.3 Å². The number of benzene rings is 1. The van der Waals surface area contributed by atoms with Gasteiger partial charge in [-0.25, -0.2) is 0 Å². The van der Waals surface area contributed by atoms with Crippen LogP contribution in [0, 0.1) is 0 Å². The SMILES string of the molecule is C.CC.c1ccc2c(c1)C1CCCC2C1. The molecule has 0 nitrogen and oxygen atoms in total. The second kappa shape index (κ2) is 5.34. The molecule has 2 atom stereocenters. The van der Waals surface area contributed by atoms with Crippen LogP contribution < -0.4 is 0 Å². The number of fused-ring (bicyclic) bond motifs is 5. The summed E-state index contributed by atoms with van der Waals surface area (Å²) < 4.78 is 0. The van der Waals surface area contributed by atoms with E-state index in [0.717, 1.165) is 11.8 Å². The van der Waals surface area contributed by atoms with Gasteiger partial charge in [0.25, 0.3) is 0 Å². The van der Waals surface area contributed by atoms with E-state index in [1.807, 2.05) is 13.8 Å². The molecule has 3 rings (SSSR count). The first kappa shape index (κ1) is 12.3. The van der Waals surface area contributed by atoms with Gasteiger partial charge in [0.1, 0.15) is 0 Å². The molecular weight excluding hydrogens is 180 g/mol. The summed E-state index contributed by atoms with van der Waals surface area (Å²) in [6, 6.07) is 9.07. The lowest BCUT2D eigenvalue weighted by atomic mass is 9.87. The molecule has 0 amide bonds. The summed E-state index contributed by atoms with van der Waals surface area (Å²) in [7, 11) is 0. The van der Waals surface area contributed by atoms with Gasteiger partial charge in [-0.15, -0.1) is 0 Å². The molecule has 0 heterocycles. The first-order valence-corrected chi connectivity index (χ1v) is 6.04. The highest BCUT2D eigenvalue weighted by Gasteiger charge is 2.33. The zero-order valence-corrected chi connectivity index (χ0v) is 9.29. The van der Waals surface area contributed by atoms with Crippen LogP contribution in [0.25, 0.3) is 0 Å². The predicted octanol–water partition coefficient (Wildman–Crippen LogP) is 5.10. The van der Waals surface area contributed by atoms with Crippen LogP contribution >= 0.6 is 0 Å². The number of rotatable bonds is 0. The van der Waals surface area contributed by atoms with Crippen LogP contribution in [-0.4, -0.2) is 0 Å². The van der Waals surface area contributed by atoms with Gasteiger partial charge in [0.15, 0.2) is 0 Å². The van der Waals surface area contributed by atoms with Gasteiger partial charge in [-0.3, -0.25) is 0 Å². The van der Waals surface area contributed by atoms with Crippen molar-refractivity contribution in [2.75, 3.05) is 0 Å². The Morgan fingerprint density at radius 1 is 0.933 bits per heavy atom. The van der Waals surface area contributed by atoms with Crippen LogP contribution in [0.2, 0.25) is 0 Å². The second-order valence-electron chi connectivity index (χ2n) is 4.19. The van der Waals surface area contributed by atoms with Crippen molar-refractivity contribution in [3.05, 3.63) is 35.4 Å². The maximum absolute atomic E-state index is 2.34. The highest BCUT2D eigenvalue weighted by molar-refractivity contribution is 5.39. The molecule has 1 fully saturated rings. The fourth-order valence-corrected chi connectivity index (χ4v) is 3.01. The standard InChI is InChI=1S/C12H14.C2H6.CH4/c1-2-7-12-10-5-3-4-9(8-10)11(12)6-1;1-2;/h1-2,6-7,9-10H,3-5,8H2;1-2H3;1H4. The predicted molar refractivity (Wildman–Crippen MR) is 68.5 cm³/mol. The Labute approximate surface area is 94.7 Å². The molecule has 0 spiro atoms. The summed E-state index contributed by atoms with van der Waals surface area (Å²) in [4.78, 5) is 0. The summed E-state index contributed by atoms with van der Waals surface area (Å²) in [6.45, 7) is 4.00. The Bertz CT molecular complexity index is 272. The average Bonchev–Trinajstić information content (AvgIpc) is 2.55. The van der Waals surface area contributed by atoms with Gasteiger partial charge >= 0.3 is 0 Å². The molecule has 0 N–H and O–H groups in total. The zero-order valence-electron chi connectivity index (χ0n) is 9.29. The summed E-state index contributed by atoms with van der Waals surface area (Å²) in [6.07, 6.45) is 5.77. The molecule has 1 aromatic rings. The van der Waals surface area contributed by atoms with E-state index in [1.165, 1.54) is 25.7 Å². The smallest absolute Gasteiger partial charge is 0.0153 e. The van der Waals surface area contributed by atoms with Gasteiger partial charge in [0.2, 0.25) is 0 Å². The Morgan fingerprint density at radius 2 is 1.40 bits per heavy atom. The van der Waals surface area contributed by atoms with Crippen molar-refractivity contribution in [3.63, 3.8) is 0 Å². The molecule has 2 aliphatic carbocycles. The largest absolute Gasteiger partial charge is 0.0776 e. The Kier molecular flexibility index (Phi) is 4.38. The first-order valence-electron chi connectivity index (χ1n) is 6.04. The highest BCUT2D eigenvalue weighted by Crippen LogP contribution is 2.49. The third-order valence-corrected chi connectivity index (χ3v) is 3.55. The zero-order chi connectivity index (χ0) is 9.97. The van der Waals surface area contributed by atoms with Crippen LogP contribution in [0.1, 0.15) is 69.9 Å². The molecule has 0 aliphatic heterocycles. The normalized spacial score (nSPS) is 25.7. The number of hydrogen-bond acceptors (Lipinski definition) is 0. The average molecular weight is 204 g/mol. The molecule has 0 aromatic heterocycles. The lowest BCUT2D eigenvalue weighted by Crippen LogP contribution is -2.01. The van der Waals surface area contributed by atoms with E-state index in [1.54, 1.807) is 11.1 Å². The van der Waals surface area contributed by atoms with Crippen molar-refractivity contribution in [2.45, 2.75) is 58.8 Å². The molecule has 84 valence electrons. The van der Waals surface area contributed by atoms with E-state index >= 15 is 0 Å². The Balaban J connectivity index is 0.000000356. The van der Waals surface area contributed by atoms with Crippen molar-refractivity contribution in [1.82, 2.24) is 0 Å². The molecule has 1 aromatic carbocycles. The monoisotopic (exact) mass is 204 g/mol. The summed E-state index contributed by atoms with van der Waals surface area (Å²) in [5.74, 6) is 1.83. The molecule has 0 saturated heterocycles. The second-order valence-corrected chi connectivity index (χ2v) is 4.19. The highest BCUT2D eigenvalue weighted by atomic mass is 14.4. The summed E-state index contributed by atoms with van der Waals surface area (Å²) in [5.41, 5.74) is 3.33. The topological polar surface area (TPSA) is 0 Å². The molecule has 0 radical (unpaired) electrons. The minimum Gasteiger partial charge on any atom is -0.0776 e. The van der Waals surface area contributed by atoms with E-state index in [4.69, 9.17) is 0 Å². The first-order chi connectivity index (χ1) is 6.95. The maximum atomic E-state index is 2.34. The van der Waals surface area contributed by atoms with Crippen molar-refractivity contribution >= 4 is 0 Å². The van der Waals surface area contributed by atoms with Crippen LogP contribution in [0.4, 0.5) is 0 Å². The van der Waals surface area contributed by atoms with Gasteiger partial charge in [0, 0.05) is 0 Å². The van der Waals surface area contributed by atoms with Crippen LogP contribution in [0.15, 0.2) is 24.3 Å². The van der Waals surface area contributed by atoms with Crippen LogP contribution in [0.5, 0.6) is 0 Å². The van der Waals surface area contributed by atoms with Crippen molar-refractivity contribution in [2.24, 2.45) is 0 Å². The van der Waals surface area contributed by atoms with E-state index in [0.29, 0.717) is 0 Å². The molecule has 2 aliphatic rings. The minimum absolute atomic E-state index is 0. The van der Waals surface area contributed by atoms with Crippen molar-refractivity contribution < 1.29 is 0 Å². The fraction of sp³-hybridized carbons (Fsp3) is 0.600. The molecule has 2 bridgehead atoms. The lowest BCUT2D eigenvalue weighted by molar-refractivity contribution is 0.435. The lowest BCUT2D eigenvalue weighted by Gasteiger charge is -2.18. The molecule has 2 unspecified atom stereocenters. The van der Waals surface area contributed by atoms with Gasteiger partial charge in [-0.05, 0) is 42.2 Å². The van der Waals surface area contributed by atoms with Gasteiger partial charge in [-0.2, -0.15) is 0 Å². The van der Waals surface area contributed by atoms with E-state index < -0.39 is 0 Å². The molecule has 1 saturated carbocycles. The van der Waals surface area contributed by atoms with E-state index in [9.17, 15) is 0 Å². The molecular formula is C15H24. The van der Waals surface area contributed by atoms with Gasteiger partial charge in [0.05, 0.1) is 0 Å². The molecule has 0 heteroatoms. The van der Waals surface area contributed by atoms with Crippen molar-refractivity contribution in [3.8, 4) is 0 Å². The van der Waals surface area contributed by atoms with E-state index in [-0.39, 0.29) is 7.43 Å². The Hall–Kier alpha value is -0.780. The fourth-order valence-electron chi connectivity index (χ4n) is 3.01. The number of hydrogen-bond donors (Lipinski definition) is 0. The van der Waals surface area contributed by atoms with Gasteiger partial charge in [-0.1, -0.05) is 52.0 Å². The summed E-state index contributed by atoms with van der Waals surface area (Å²) in [5, 5.41) is 0.